The van der Waals surface area contributed by atoms with E-state index < -0.39 is 23.7 Å². The quantitative estimate of drug-likeness (QED) is 0.811. The fraction of sp³-hybridized carbons (Fsp3) is 0.846. The molecule has 1 fully saturated rings. The zero-order valence-corrected chi connectivity index (χ0v) is 11.6. The molecule has 0 saturated heterocycles. The van der Waals surface area contributed by atoms with Gasteiger partial charge in [-0.1, -0.05) is 13.3 Å². The van der Waals surface area contributed by atoms with Gasteiger partial charge in [0.25, 0.3) is 0 Å². The van der Waals surface area contributed by atoms with E-state index in [-0.39, 0.29) is 5.41 Å². The molecule has 0 aliphatic heterocycles. The number of nitrogens with one attached hydrogen (secondary N) is 1. The fourth-order valence-electron chi connectivity index (χ4n) is 2.13. The van der Waals surface area contributed by atoms with E-state index in [1.54, 1.807) is 20.8 Å². The summed E-state index contributed by atoms with van der Waals surface area (Å²) in [5.74, 6) is -1.01. The first-order valence-electron chi connectivity index (χ1n) is 6.34. The third-order valence-corrected chi connectivity index (χ3v) is 3.25. The average molecular weight is 257 g/mol. The van der Waals surface area contributed by atoms with Crippen LogP contribution in [0.15, 0.2) is 0 Å². The van der Waals surface area contributed by atoms with Crippen molar-refractivity contribution in [3.63, 3.8) is 0 Å². The molecule has 1 rings (SSSR count). The summed E-state index contributed by atoms with van der Waals surface area (Å²) in [6, 6.07) is -0.870. The van der Waals surface area contributed by atoms with Gasteiger partial charge in [-0.15, -0.1) is 0 Å². The number of hydrogen-bond donors (Lipinski definition) is 2. The van der Waals surface area contributed by atoms with Crippen LogP contribution in [0, 0.1) is 5.41 Å². The number of carbonyl (C=O) groups excluding carboxylic acids is 1. The van der Waals surface area contributed by atoms with Crippen LogP contribution in [-0.4, -0.2) is 28.8 Å². The Labute approximate surface area is 108 Å². The summed E-state index contributed by atoms with van der Waals surface area (Å²) in [5, 5.41) is 11.6. The molecule has 5 nitrogen and oxygen atoms in total. The molecule has 1 saturated carbocycles. The maximum Gasteiger partial charge on any atom is 0.408 e. The summed E-state index contributed by atoms with van der Waals surface area (Å²) in [6.45, 7) is 7.30. The Morgan fingerprint density at radius 1 is 1.39 bits per heavy atom. The first-order chi connectivity index (χ1) is 8.11. The van der Waals surface area contributed by atoms with Crippen LogP contribution in [0.2, 0.25) is 0 Å². The van der Waals surface area contributed by atoms with Crippen LogP contribution < -0.4 is 5.32 Å². The van der Waals surface area contributed by atoms with Crippen molar-refractivity contribution in [2.24, 2.45) is 5.41 Å². The molecular formula is C13H23NO4. The summed E-state index contributed by atoms with van der Waals surface area (Å²) in [6.07, 6.45) is 2.97. The van der Waals surface area contributed by atoms with Gasteiger partial charge in [-0.3, -0.25) is 0 Å². The first kappa shape index (κ1) is 14.8. The molecule has 5 heteroatoms. The highest BCUT2D eigenvalue weighted by molar-refractivity contribution is 5.80. The molecule has 1 aliphatic carbocycles. The van der Waals surface area contributed by atoms with Crippen LogP contribution in [0.1, 0.15) is 53.4 Å². The van der Waals surface area contributed by atoms with E-state index in [0.29, 0.717) is 6.42 Å². The smallest absolute Gasteiger partial charge is 0.408 e. The zero-order chi connectivity index (χ0) is 14.0. The van der Waals surface area contributed by atoms with Gasteiger partial charge in [0.1, 0.15) is 11.6 Å². The first-order valence-corrected chi connectivity index (χ1v) is 6.34. The Balaban J connectivity index is 2.53. The molecule has 0 aromatic heterocycles. The normalized spacial score (nSPS) is 19.6. The molecular weight excluding hydrogens is 234 g/mol. The van der Waals surface area contributed by atoms with E-state index in [1.165, 1.54) is 0 Å². The van der Waals surface area contributed by atoms with Gasteiger partial charge in [0, 0.05) is 0 Å². The maximum absolute atomic E-state index is 11.6. The largest absolute Gasteiger partial charge is 0.480 e. The van der Waals surface area contributed by atoms with Gasteiger partial charge >= 0.3 is 12.1 Å². The molecule has 1 unspecified atom stereocenters. The summed E-state index contributed by atoms with van der Waals surface area (Å²) in [4.78, 5) is 22.7. The molecule has 0 bridgehead atoms. The molecule has 0 aromatic carbocycles. The minimum atomic E-state index is -1.01. The van der Waals surface area contributed by atoms with Crippen LogP contribution >= 0.6 is 0 Å². The Hall–Kier alpha value is -1.26. The highest BCUT2D eigenvalue weighted by Gasteiger charge is 2.37. The van der Waals surface area contributed by atoms with Crippen molar-refractivity contribution in [1.29, 1.82) is 0 Å². The number of ether oxygens (including phenoxy) is 1. The van der Waals surface area contributed by atoms with Crippen LogP contribution in [0.3, 0.4) is 0 Å². The summed E-state index contributed by atoms with van der Waals surface area (Å²) >= 11 is 0. The summed E-state index contributed by atoms with van der Waals surface area (Å²) in [5.41, 5.74) is -0.578. The van der Waals surface area contributed by atoms with E-state index in [1.807, 2.05) is 0 Å². The number of carbonyl (C=O) groups is 2. The van der Waals surface area contributed by atoms with Crippen molar-refractivity contribution in [2.75, 3.05) is 0 Å². The number of hydrogen-bond acceptors (Lipinski definition) is 3. The van der Waals surface area contributed by atoms with Crippen molar-refractivity contribution < 1.29 is 19.4 Å². The van der Waals surface area contributed by atoms with Crippen LogP contribution in [0.5, 0.6) is 0 Å². The Morgan fingerprint density at radius 3 is 2.28 bits per heavy atom. The van der Waals surface area contributed by atoms with Gasteiger partial charge in [0.15, 0.2) is 0 Å². The third kappa shape index (κ3) is 4.55. The number of amides is 1. The van der Waals surface area contributed by atoms with Crippen molar-refractivity contribution >= 4 is 12.1 Å². The van der Waals surface area contributed by atoms with E-state index in [4.69, 9.17) is 9.84 Å². The maximum atomic E-state index is 11.6. The molecule has 1 atom stereocenters. The predicted molar refractivity (Wildman–Crippen MR) is 67.4 cm³/mol. The monoisotopic (exact) mass is 257 g/mol. The SMILES string of the molecule is CC1(CC(NC(=O)OC(C)(C)C)C(=O)O)CCC1. The highest BCUT2D eigenvalue weighted by atomic mass is 16.6. The predicted octanol–water partition coefficient (Wildman–Crippen LogP) is 2.54. The molecule has 1 aliphatic rings. The summed E-state index contributed by atoms with van der Waals surface area (Å²) < 4.78 is 5.07. The van der Waals surface area contributed by atoms with Gasteiger partial charge < -0.3 is 15.2 Å². The lowest BCUT2D eigenvalue weighted by Gasteiger charge is -2.40. The number of alkyl carbamates (subject to hydrolysis) is 1. The van der Waals surface area contributed by atoms with E-state index in [9.17, 15) is 9.59 Å². The van der Waals surface area contributed by atoms with Gasteiger partial charge in [0.05, 0.1) is 0 Å². The summed E-state index contributed by atoms with van der Waals surface area (Å²) in [7, 11) is 0. The second-order valence-electron chi connectivity index (χ2n) is 6.41. The lowest BCUT2D eigenvalue weighted by molar-refractivity contribution is -0.140. The zero-order valence-electron chi connectivity index (χ0n) is 11.6. The minimum Gasteiger partial charge on any atom is -0.480 e. The minimum absolute atomic E-state index is 0.0398. The highest BCUT2D eigenvalue weighted by Crippen LogP contribution is 2.44. The second kappa shape index (κ2) is 5.16. The Bertz CT molecular complexity index is 328. The molecule has 104 valence electrons. The second-order valence-corrected chi connectivity index (χ2v) is 6.41. The molecule has 18 heavy (non-hydrogen) atoms. The lowest BCUT2D eigenvalue weighted by atomic mass is 9.67. The van der Waals surface area contributed by atoms with E-state index in [0.717, 1.165) is 19.3 Å². The standard InChI is InChI=1S/C13H23NO4/c1-12(2,3)18-11(17)14-9(10(15)16)8-13(4)6-5-7-13/h9H,5-8H2,1-4H3,(H,14,17)(H,15,16). The lowest BCUT2D eigenvalue weighted by Crippen LogP contribution is -2.47. The number of carboxylic acids is 1. The van der Waals surface area contributed by atoms with Crippen molar-refractivity contribution in [3.05, 3.63) is 0 Å². The van der Waals surface area contributed by atoms with Gasteiger partial charge in [0.2, 0.25) is 0 Å². The molecule has 0 radical (unpaired) electrons. The van der Waals surface area contributed by atoms with Gasteiger partial charge in [-0.05, 0) is 45.4 Å². The van der Waals surface area contributed by atoms with Gasteiger partial charge in [-0.25, -0.2) is 9.59 Å². The van der Waals surface area contributed by atoms with Crippen molar-refractivity contribution in [1.82, 2.24) is 5.32 Å². The van der Waals surface area contributed by atoms with Crippen LogP contribution in [-0.2, 0) is 9.53 Å². The Kier molecular flexibility index (Phi) is 4.24. The molecule has 2 N–H and O–H groups in total. The van der Waals surface area contributed by atoms with Crippen molar-refractivity contribution in [3.8, 4) is 0 Å². The number of carboxylic acid groups (broad SMARTS) is 1. The third-order valence-electron chi connectivity index (χ3n) is 3.25. The number of rotatable bonds is 4. The molecule has 0 spiro atoms. The number of aliphatic carboxylic acids is 1. The van der Waals surface area contributed by atoms with Crippen LogP contribution in [0.25, 0.3) is 0 Å². The van der Waals surface area contributed by atoms with Crippen LogP contribution in [0.4, 0.5) is 4.79 Å². The molecule has 0 aromatic rings. The molecule has 0 heterocycles. The van der Waals surface area contributed by atoms with Crippen molar-refractivity contribution in [2.45, 2.75) is 65.0 Å². The average Bonchev–Trinajstić information content (AvgIpc) is 2.10. The van der Waals surface area contributed by atoms with Gasteiger partial charge in [-0.2, -0.15) is 0 Å². The topological polar surface area (TPSA) is 75.6 Å². The molecule has 1 amide bonds. The fourth-order valence-corrected chi connectivity index (χ4v) is 2.13. The Morgan fingerprint density at radius 2 is 1.94 bits per heavy atom. The van der Waals surface area contributed by atoms with E-state index in [2.05, 4.69) is 12.2 Å². The van der Waals surface area contributed by atoms with E-state index >= 15 is 0 Å².